The van der Waals surface area contributed by atoms with Gasteiger partial charge < -0.3 is 19.9 Å². The van der Waals surface area contributed by atoms with Gasteiger partial charge in [0.2, 0.25) is 0 Å². The van der Waals surface area contributed by atoms with Crippen LogP contribution in [0.25, 0.3) is 16.8 Å². The van der Waals surface area contributed by atoms with E-state index in [1.807, 2.05) is 43.3 Å². The van der Waals surface area contributed by atoms with Crippen LogP contribution in [0.15, 0.2) is 53.1 Å². The molecule has 2 heterocycles. The number of hydrogen-bond donors (Lipinski definition) is 3. The van der Waals surface area contributed by atoms with Gasteiger partial charge in [-0.25, -0.2) is 8.42 Å². The van der Waals surface area contributed by atoms with Gasteiger partial charge in [-0.15, -0.1) is 0 Å². The van der Waals surface area contributed by atoms with Crippen LogP contribution >= 0.6 is 0 Å². The van der Waals surface area contributed by atoms with Crippen LogP contribution in [-0.4, -0.2) is 54.5 Å². The van der Waals surface area contributed by atoms with E-state index in [2.05, 4.69) is 0 Å². The first-order valence-corrected chi connectivity index (χ1v) is 11.8. The molecule has 2 aliphatic rings. The van der Waals surface area contributed by atoms with Gasteiger partial charge in [0.1, 0.15) is 5.75 Å². The maximum absolute atomic E-state index is 12.4. The zero-order chi connectivity index (χ0) is 21.5. The first-order valence-electron chi connectivity index (χ1n) is 10.1. The van der Waals surface area contributed by atoms with Crippen molar-refractivity contribution < 1.29 is 28.3 Å². The summed E-state index contributed by atoms with van der Waals surface area (Å²) >= 11 is 0. The van der Waals surface area contributed by atoms with E-state index in [9.17, 15) is 23.7 Å². The van der Waals surface area contributed by atoms with Crippen LogP contribution < -0.4 is 0 Å². The van der Waals surface area contributed by atoms with Gasteiger partial charge in [0.05, 0.1) is 23.7 Å². The Bertz CT molecular complexity index is 1140. The topological polar surface area (TPSA) is 104 Å². The van der Waals surface area contributed by atoms with Gasteiger partial charge in [0.25, 0.3) is 0 Å². The Balaban J connectivity index is 1.56. The number of benzene rings is 2. The second-order valence-corrected chi connectivity index (χ2v) is 10.3. The number of hydrogen-bond acceptors (Lipinski definition) is 6. The van der Waals surface area contributed by atoms with Crippen LogP contribution in [0.1, 0.15) is 25.3 Å². The zero-order valence-electron chi connectivity index (χ0n) is 16.8. The summed E-state index contributed by atoms with van der Waals surface area (Å²) in [7, 11) is -4.53. The Kier molecular flexibility index (Phi) is 5.77. The fourth-order valence-electron chi connectivity index (χ4n) is 4.55. The van der Waals surface area contributed by atoms with Gasteiger partial charge in [-0.2, -0.15) is 0 Å². The molecule has 4 rings (SSSR count). The van der Waals surface area contributed by atoms with E-state index in [0.29, 0.717) is 24.0 Å². The van der Waals surface area contributed by atoms with Crippen molar-refractivity contribution in [3.05, 3.63) is 58.7 Å². The van der Waals surface area contributed by atoms with Gasteiger partial charge in [-0.3, -0.25) is 0 Å². The third kappa shape index (κ3) is 3.92. The molecule has 0 aromatic heterocycles. The Morgan fingerprint density at radius 1 is 1.23 bits per heavy atom. The molecule has 2 atom stereocenters. The van der Waals surface area contributed by atoms with Crippen molar-refractivity contribution in [2.45, 2.75) is 37.4 Å². The highest BCUT2D eigenvalue weighted by Gasteiger charge is 2.48. The van der Waals surface area contributed by atoms with Crippen LogP contribution in [0, 0.1) is 0 Å². The molecular formula is C22H25BO6S. The van der Waals surface area contributed by atoms with Crippen molar-refractivity contribution in [3.8, 4) is 5.75 Å². The predicted molar refractivity (Wildman–Crippen MR) is 118 cm³/mol. The summed E-state index contributed by atoms with van der Waals surface area (Å²) in [5.74, 6) is 0.0756. The number of fused-ring (bicyclic) bond motifs is 2. The van der Waals surface area contributed by atoms with Crippen molar-refractivity contribution in [3.63, 3.8) is 0 Å². The second-order valence-electron chi connectivity index (χ2n) is 8.08. The standard InChI is InChI=1S/C22H25BO6S/c1-14(10-15-7-8-19(25)18-5-3-2-4-17(15)18)6-9-20-22-16(12-24)13-30(27,28)21(22)11-23(26)29-20/h2-5,7-8,10,20-21,24-26H,6,9,11-13H2,1H3/b14-10+/t20-,21+/m1/s1. The van der Waals surface area contributed by atoms with Crippen LogP contribution in [0.2, 0.25) is 6.32 Å². The molecule has 1 saturated heterocycles. The summed E-state index contributed by atoms with van der Waals surface area (Å²) in [4.78, 5) is 0. The lowest BCUT2D eigenvalue weighted by Crippen LogP contribution is -2.42. The van der Waals surface area contributed by atoms with Crippen molar-refractivity contribution in [1.82, 2.24) is 0 Å². The monoisotopic (exact) mass is 428 g/mol. The number of aliphatic hydroxyl groups excluding tert-OH is 1. The first kappa shape index (κ1) is 21.1. The van der Waals surface area contributed by atoms with E-state index in [1.54, 1.807) is 6.07 Å². The molecule has 1 fully saturated rings. The lowest BCUT2D eigenvalue weighted by atomic mass is 9.74. The predicted octanol–water partition coefficient (Wildman–Crippen LogP) is 2.69. The zero-order valence-corrected chi connectivity index (χ0v) is 17.6. The highest BCUT2D eigenvalue weighted by atomic mass is 32.2. The second kappa shape index (κ2) is 8.19. The average Bonchev–Trinajstić information content (AvgIpc) is 2.99. The lowest BCUT2D eigenvalue weighted by molar-refractivity contribution is 0.168. The van der Waals surface area contributed by atoms with E-state index in [1.165, 1.54) is 0 Å². The number of aliphatic hydroxyl groups is 1. The van der Waals surface area contributed by atoms with Crippen LogP contribution in [-0.2, 0) is 14.5 Å². The molecule has 158 valence electrons. The molecule has 2 aromatic carbocycles. The minimum absolute atomic E-state index is 0.0198. The lowest BCUT2D eigenvalue weighted by Gasteiger charge is -2.31. The number of phenols is 1. The highest BCUT2D eigenvalue weighted by Crippen LogP contribution is 2.39. The molecule has 0 unspecified atom stereocenters. The van der Waals surface area contributed by atoms with Crippen molar-refractivity contribution in [2.75, 3.05) is 12.4 Å². The van der Waals surface area contributed by atoms with Gasteiger partial charge >= 0.3 is 7.12 Å². The molecule has 6 nitrogen and oxygen atoms in total. The van der Waals surface area contributed by atoms with Crippen LogP contribution in [0.5, 0.6) is 5.75 Å². The molecule has 3 N–H and O–H groups in total. The van der Waals surface area contributed by atoms with E-state index in [0.717, 1.165) is 21.9 Å². The van der Waals surface area contributed by atoms with Crippen molar-refractivity contribution in [1.29, 1.82) is 0 Å². The molecule has 0 aliphatic carbocycles. The van der Waals surface area contributed by atoms with Gasteiger partial charge in [0.15, 0.2) is 9.84 Å². The average molecular weight is 428 g/mol. The summed E-state index contributed by atoms with van der Waals surface area (Å²) in [5.41, 5.74) is 3.19. The minimum Gasteiger partial charge on any atom is -0.507 e. The van der Waals surface area contributed by atoms with E-state index >= 15 is 0 Å². The quantitative estimate of drug-likeness (QED) is 0.500. The van der Waals surface area contributed by atoms with Crippen LogP contribution in [0.4, 0.5) is 0 Å². The number of rotatable bonds is 5. The Morgan fingerprint density at radius 2 is 1.97 bits per heavy atom. The van der Waals surface area contributed by atoms with Crippen molar-refractivity contribution >= 4 is 33.8 Å². The molecule has 2 aromatic rings. The normalized spacial score (nSPS) is 23.8. The smallest absolute Gasteiger partial charge is 0.456 e. The summed E-state index contributed by atoms with van der Waals surface area (Å²) in [6.07, 6.45) is 2.69. The van der Waals surface area contributed by atoms with Gasteiger partial charge in [-0.1, -0.05) is 42.0 Å². The van der Waals surface area contributed by atoms with Gasteiger partial charge in [0, 0.05) is 11.7 Å². The molecule has 8 heteroatoms. The number of phenolic OH excluding ortho intramolecular Hbond substituents is 1. The maximum atomic E-state index is 12.4. The Hall–Kier alpha value is -2.13. The van der Waals surface area contributed by atoms with E-state index in [-0.39, 0.29) is 24.4 Å². The number of aromatic hydroxyl groups is 1. The first-order chi connectivity index (χ1) is 14.3. The van der Waals surface area contributed by atoms with Crippen molar-refractivity contribution in [2.24, 2.45) is 0 Å². The largest absolute Gasteiger partial charge is 0.507 e. The molecule has 0 bridgehead atoms. The molecule has 0 radical (unpaired) electrons. The molecule has 0 amide bonds. The summed E-state index contributed by atoms with van der Waals surface area (Å²) < 4.78 is 30.5. The summed E-state index contributed by atoms with van der Waals surface area (Å²) in [6.45, 7) is 1.68. The fraction of sp³-hybridized carbons (Fsp3) is 0.364. The SMILES string of the molecule is C/C(=C\c1ccc(O)c2ccccc12)CC[C@H]1OB(O)C[C@H]2C1=C(CO)CS2(=O)=O. The minimum atomic E-state index is -3.40. The van der Waals surface area contributed by atoms with Crippen LogP contribution in [0.3, 0.4) is 0 Å². The Morgan fingerprint density at radius 3 is 2.70 bits per heavy atom. The van der Waals surface area contributed by atoms with E-state index < -0.39 is 28.3 Å². The molecule has 30 heavy (non-hydrogen) atoms. The number of sulfone groups is 1. The molecule has 0 spiro atoms. The molecule has 0 saturated carbocycles. The third-order valence-corrected chi connectivity index (χ3v) is 8.04. The van der Waals surface area contributed by atoms with E-state index in [4.69, 9.17) is 4.65 Å². The molecular weight excluding hydrogens is 403 g/mol. The fourth-order valence-corrected chi connectivity index (χ4v) is 6.66. The summed E-state index contributed by atoms with van der Waals surface area (Å²) in [6, 6.07) is 11.2. The Labute approximate surface area is 176 Å². The maximum Gasteiger partial charge on any atom is 0.456 e. The molecule has 2 aliphatic heterocycles. The van der Waals surface area contributed by atoms with Gasteiger partial charge in [-0.05, 0) is 47.9 Å². The summed E-state index contributed by atoms with van der Waals surface area (Å²) in [5, 5.41) is 30.7. The number of allylic oxidation sites excluding steroid dienone is 1. The highest BCUT2D eigenvalue weighted by molar-refractivity contribution is 7.92. The third-order valence-electron chi connectivity index (χ3n) is 5.98.